The molecule has 0 atom stereocenters. The van der Waals surface area contributed by atoms with E-state index >= 15 is 0 Å². The normalized spacial score (nSPS) is 23.7. The van der Waals surface area contributed by atoms with Gasteiger partial charge in [0.05, 0.1) is 18.8 Å². The zero-order valence-corrected chi connectivity index (χ0v) is 16.9. The lowest BCUT2D eigenvalue weighted by molar-refractivity contribution is -0.145. The minimum Gasteiger partial charge on any atom is -0.504 e. The molecule has 2 rings (SSSR count). The molecule has 1 N–H and O–H groups in total. The molecule has 0 spiro atoms. The van der Waals surface area contributed by atoms with E-state index in [-0.39, 0.29) is 5.91 Å². The molecule has 148 valence electrons. The number of nitrogens with one attached hydrogen (secondary N) is 1. The third kappa shape index (κ3) is 5.15. The molecule has 0 aromatic heterocycles. The second kappa shape index (κ2) is 8.31. The molecule has 0 bridgehead atoms. The minimum atomic E-state index is -0.563. The summed E-state index contributed by atoms with van der Waals surface area (Å²) in [6.07, 6.45) is 7.72. The Morgan fingerprint density at radius 2 is 1.88 bits per heavy atom. The van der Waals surface area contributed by atoms with Gasteiger partial charge in [-0.15, -0.1) is 0 Å². The molecule has 0 aliphatic heterocycles. The summed E-state index contributed by atoms with van der Waals surface area (Å²) in [4.78, 5) is 27.3. The number of hydrogen-bond donors (Lipinski definition) is 1. The highest BCUT2D eigenvalue weighted by molar-refractivity contribution is 5.84. The van der Waals surface area contributed by atoms with Gasteiger partial charge in [-0.25, -0.2) is 4.79 Å². The topological polar surface area (TPSA) is 67.9 Å². The monoisotopic (exact) mass is 366 g/mol. The smallest absolute Gasteiger partial charge is 0.407 e. The molecule has 0 radical (unpaired) electrons. The molecule has 6 nitrogen and oxygen atoms in total. The van der Waals surface area contributed by atoms with Gasteiger partial charge in [-0.05, 0) is 71.3 Å². The molecule has 6 heteroatoms. The fourth-order valence-electron chi connectivity index (χ4n) is 3.67. The zero-order valence-electron chi connectivity index (χ0n) is 16.9. The first-order chi connectivity index (χ1) is 12.2. The van der Waals surface area contributed by atoms with Crippen molar-refractivity contribution in [3.05, 3.63) is 11.8 Å². The van der Waals surface area contributed by atoms with Crippen LogP contribution < -0.4 is 5.32 Å². The van der Waals surface area contributed by atoms with E-state index in [4.69, 9.17) is 9.47 Å². The van der Waals surface area contributed by atoms with Crippen LogP contribution in [0.5, 0.6) is 0 Å². The molecular weight excluding hydrogens is 332 g/mol. The molecular formula is C20H34N2O4. The molecule has 0 aromatic rings. The Morgan fingerprint density at radius 1 is 1.27 bits per heavy atom. The third-order valence-corrected chi connectivity index (χ3v) is 5.50. The Bertz CT molecular complexity index is 537. The maximum Gasteiger partial charge on any atom is 0.407 e. The summed E-state index contributed by atoms with van der Waals surface area (Å²) >= 11 is 0. The van der Waals surface area contributed by atoms with Crippen molar-refractivity contribution in [2.24, 2.45) is 5.41 Å². The van der Waals surface area contributed by atoms with E-state index in [9.17, 15) is 9.59 Å². The molecule has 26 heavy (non-hydrogen) atoms. The van der Waals surface area contributed by atoms with E-state index in [2.05, 4.69) is 5.32 Å². The van der Waals surface area contributed by atoms with Gasteiger partial charge in [0.1, 0.15) is 5.60 Å². The van der Waals surface area contributed by atoms with Gasteiger partial charge in [-0.1, -0.05) is 0 Å². The van der Waals surface area contributed by atoms with Gasteiger partial charge in [0.25, 0.3) is 0 Å². The van der Waals surface area contributed by atoms with Crippen molar-refractivity contribution in [2.45, 2.75) is 77.4 Å². The number of carbonyl (C=O) groups excluding carboxylic acids is 2. The number of amides is 2. The lowest BCUT2D eigenvalue weighted by atomic mass is 9.71. The summed E-state index contributed by atoms with van der Waals surface area (Å²) < 4.78 is 10.5. The predicted molar refractivity (Wildman–Crippen MR) is 101 cm³/mol. The fraction of sp³-hybridized carbons (Fsp3) is 0.800. The van der Waals surface area contributed by atoms with Crippen LogP contribution in [0.3, 0.4) is 0 Å². The van der Waals surface area contributed by atoms with Crippen molar-refractivity contribution in [1.82, 2.24) is 10.2 Å². The van der Waals surface area contributed by atoms with E-state index < -0.39 is 17.1 Å². The number of ether oxygens (including phenoxy) is 2. The van der Waals surface area contributed by atoms with Gasteiger partial charge in [0.2, 0.25) is 5.91 Å². The third-order valence-electron chi connectivity index (χ3n) is 5.50. The fourth-order valence-corrected chi connectivity index (χ4v) is 3.67. The summed E-state index contributed by atoms with van der Waals surface area (Å²) in [5.41, 5.74) is 0.108. The maximum atomic E-state index is 13.3. The molecule has 2 aliphatic carbocycles. The van der Waals surface area contributed by atoms with Crippen molar-refractivity contribution in [1.29, 1.82) is 0 Å². The van der Waals surface area contributed by atoms with Crippen LogP contribution in [0.4, 0.5) is 4.79 Å². The standard InChI is InChI=1S/C20H34N2O4/c1-19(2,3)26-18(24)21-14-20(11-9-15(10-12-20)13-25-5)17(23)22(4)16-7-6-8-16/h13,16H,6-12,14H2,1-5H3,(H,21,24). The summed E-state index contributed by atoms with van der Waals surface area (Å²) in [5.74, 6) is 0.148. The number of rotatable bonds is 5. The average molecular weight is 367 g/mol. The van der Waals surface area contributed by atoms with Gasteiger partial charge in [-0.3, -0.25) is 4.79 Å². The van der Waals surface area contributed by atoms with E-state index in [0.29, 0.717) is 25.4 Å². The van der Waals surface area contributed by atoms with Crippen LogP contribution in [0.15, 0.2) is 11.8 Å². The van der Waals surface area contributed by atoms with Gasteiger partial charge < -0.3 is 19.7 Å². The van der Waals surface area contributed by atoms with Crippen molar-refractivity contribution in [2.75, 3.05) is 20.7 Å². The second-order valence-electron chi connectivity index (χ2n) is 8.65. The molecule has 0 unspecified atom stereocenters. The Labute approximate surface area is 157 Å². The number of carbonyl (C=O) groups is 2. The first-order valence-electron chi connectivity index (χ1n) is 9.62. The Kier molecular flexibility index (Phi) is 6.58. The summed E-state index contributed by atoms with van der Waals surface area (Å²) in [6.45, 7) is 5.82. The van der Waals surface area contributed by atoms with Gasteiger partial charge in [-0.2, -0.15) is 0 Å². The number of methoxy groups -OCH3 is 1. The van der Waals surface area contributed by atoms with Crippen molar-refractivity contribution in [3.8, 4) is 0 Å². The van der Waals surface area contributed by atoms with Gasteiger partial charge in [0.15, 0.2) is 0 Å². The number of nitrogens with zero attached hydrogens (tertiary/aromatic N) is 1. The van der Waals surface area contributed by atoms with Crippen LogP contribution in [0, 0.1) is 5.41 Å². The SMILES string of the molecule is COC=C1CCC(CNC(=O)OC(C)(C)C)(C(=O)N(C)C2CCC2)CC1. The Morgan fingerprint density at radius 3 is 2.35 bits per heavy atom. The highest BCUT2D eigenvalue weighted by atomic mass is 16.6. The van der Waals surface area contributed by atoms with Crippen molar-refractivity contribution in [3.63, 3.8) is 0 Å². The van der Waals surface area contributed by atoms with E-state index in [1.54, 1.807) is 13.4 Å². The van der Waals surface area contributed by atoms with Crippen LogP contribution in [-0.4, -0.2) is 49.2 Å². The summed E-state index contributed by atoms with van der Waals surface area (Å²) in [7, 11) is 3.55. The van der Waals surface area contributed by atoms with Gasteiger partial charge >= 0.3 is 6.09 Å². The quantitative estimate of drug-likeness (QED) is 0.755. The molecule has 2 amide bonds. The number of alkyl carbamates (subject to hydrolysis) is 1. The molecule has 2 aliphatic rings. The Balaban J connectivity index is 2.07. The van der Waals surface area contributed by atoms with E-state index in [1.165, 1.54) is 12.0 Å². The van der Waals surface area contributed by atoms with E-state index in [1.807, 2.05) is 32.7 Å². The molecule has 0 heterocycles. The average Bonchev–Trinajstić information content (AvgIpc) is 2.51. The molecule has 0 aromatic carbocycles. The Hall–Kier alpha value is -1.72. The summed E-state index contributed by atoms with van der Waals surface area (Å²) in [6, 6.07) is 0.344. The summed E-state index contributed by atoms with van der Waals surface area (Å²) in [5, 5.41) is 2.85. The molecule has 2 saturated carbocycles. The second-order valence-corrected chi connectivity index (χ2v) is 8.65. The minimum absolute atomic E-state index is 0.148. The molecule has 2 fully saturated rings. The predicted octanol–water partition coefficient (Wildman–Crippen LogP) is 3.61. The highest BCUT2D eigenvalue weighted by Gasteiger charge is 2.44. The van der Waals surface area contributed by atoms with Crippen LogP contribution in [0.2, 0.25) is 0 Å². The first kappa shape index (κ1) is 20.6. The van der Waals surface area contributed by atoms with E-state index in [0.717, 1.165) is 25.7 Å². The highest BCUT2D eigenvalue weighted by Crippen LogP contribution is 2.41. The zero-order chi connectivity index (χ0) is 19.4. The van der Waals surface area contributed by atoms with Crippen molar-refractivity contribution >= 4 is 12.0 Å². The lowest BCUT2D eigenvalue weighted by Gasteiger charge is -2.44. The van der Waals surface area contributed by atoms with Gasteiger partial charge in [0, 0.05) is 19.6 Å². The van der Waals surface area contributed by atoms with Crippen LogP contribution in [-0.2, 0) is 14.3 Å². The first-order valence-corrected chi connectivity index (χ1v) is 9.62. The number of allylic oxidation sites excluding steroid dienone is 1. The maximum absolute atomic E-state index is 13.3. The van der Waals surface area contributed by atoms with Crippen LogP contribution >= 0.6 is 0 Å². The molecule has 0 saturated heterocycles. The number of hydrogen-bond acceptors (Lipinski definition) is 4. The largest absolute Gasteiger partial charge is 0.504 e. The van der Waals surface area contributed by atoms with Crippen LogP contribution in [0.25, 0.3) is 0 Å². The van der Waals surface area contributed by atoms with Crippen LogP contribution in [0.1, 0.15) is 65.7 Å². The van der Waals surface area contributed by atoms with Crippen molar-refractivity contribution < 1.29 is 19.1 Å². The lowest BCUT2D eigenvalue weighted by Crippen LogP contribution is -2.54.